The fraction of sp³-hybridized carbons (Fsp3) is 0.353. The van der Waals surface area contributed by atoms with Crippen LogP contribution in [-0.4, -0.2) is 23.3 Å². The van der Waals surface area contributed by atoms with Gasteiger partial charge in [-0.15, -0.1) is 11.3 Å². The molecule has 2 rings (SSSR count). The summed E-state index contributed by atoms with van der Waals surface area (Å²) in [6, 6.07) is 7.61. The Morgan fingerprint density at radius 3 is 2.50 bits per heavy atom. The molecule has 0 spiro atoms. The first-order valence-corrected chi connectivity index (χ1v) is 8.71. The second-order valence-electron chi connectivity index (χ2n) is 6.42. The van der Waals surface area contributed by atoms with Crippen molar-refractivity contribution in [1.29, 1.82) is 0 Å². The lowest BCUT2D eigenvalue weighted by molar-refractivity contribution is -0.130. The largest absolute Gasteiger partial charge is 0.347 e. The van der Waals surface area contributed by atoms with Crippen LogP contribution in [0.2, 0.25) is 5.02 Å². The van der Waals surface area contributed by atoms with Gasteiger partial charge >= 0.3 is 0 Å². The number of anilines is 1. The molecular weight excluding hydrogens is 346 g/mol. The van der Waals surface area contributed by atoms with Gasteiger partial charge in [0.1, 0.15) is 0 Å². The summed E-state index contributed by atoms with van der Waals surface area (Å²) in [5.74, 6) is -0.458. The molecule has 1 aromatic heterocycles. The van der Waals surface area contributed by atoms with Gasteiger partial charge in [-0.1, -0.05) is 44.5 Å². The van der Waals surface area contributed by atoms with E-state index in [-0.39, 0.29) is 18.4 Å². The number of thiazole rings is 1. The van der Waals surface area contributed by atoms with Gasteiger partial charge in [0.2, 0.25) is 11.8 Å². The standard InChI is InChI=1S/C17H20ClN3O2S/c1-17(2,3)15(23)19-10-14(22)21-16-20-9-13(24-16)8-11-4-6-12(18)7-5-11/h4-7,9H,8,10H2,1-3H3,(H,19,23)(H,20,21,22). The second kappa shape index (κ2) is 7.77. The lowest BCUT2D eigenvalue weighted by Gasteiger charge is -2.17. The van der Waals surface area contributed by atoms with E-state index in [1.165, 1.54) is 11.3 Å². The fourth-order valence-corrected chi connectivity index (χ4v) is 2.83. The first-order chi connectivity index (χ1) is 11.2. The predicted molar refractivity (Wildman–Crippen MR) is 97.5 cm³/mol. The minimum absolute atomic E-state index is 0.0673. The van der Waals surface area contributed by atoms with Crippen molar-refractivity contribution in [3.05, 3.63) is 45.9 Å². The zero-order valence-corrected chi connectivity index (χ0v) is 15.4. The Hall–Kier alpha value is -1.92. The van der Waals surface area contributed by atoms with Crippen molar-refractivity contribution in [2.45, 2.75) is 27.2 Å². The van der Waals surface area contributed by atoms with Crippen LogP contribution in [0.4, 0.5) is 5.13 Å². The maximum absolute atomic E-state index is 11.9. The van der Waals surface area contributed by atoms with Crippen LogP contribution in [0, 0.1) is 5.41 Å². The van der Waals surface area contributed by atoms with Crippen LogP contribution in [-0.2, 0) is 16.0 Å². The highest BCUT2D eigenvalue weighted by Crippen LogP contribution is 2.22. The van der Waals surface area contributed by atoms with E-state index >= 15 is 0 Å². The Morgan fingerprint density at radius 1 is 1.21 bits per heavy atom. The summed E-state index contributed by atoms with van der Waals surface area (Å²) in [7, 11) is 0. The Labute approximate surface area is 150 Å². The van der Waals surface area contributed by atoms with E-state index in [4.69, 9.17) is 11.6 Å². The third kappa shape index (κ3) is 5.62. The Balaban J connectivity index is 1.85. The molecule has 24 heavy (non-hydrogen) atoms. The number of carbonyl (C=O) groups is 2. The maximum atomic E-state index is 11.9. The van der Waals surface area contributed by atoms with Gasteiger partial charge in [-0.3, -0.25) is 9.59 Å². The molecule has 1 heterocycles. The Kier molecular flexibility index (Phi) is 5.96. The normalized spacial score (nSPS) is 11.2. The highest BCUT2D eigenvalue weighted by molar-refractivity contribution is 7.15. The topological polar surface area (TPSA) is 71.1 Å². The van der Waals surface area contributed by atoms with Crippen molar-refractivity contribution in [2.75, 3.05) is 11.9 Å². The van der Waals surface area contributed by atoms with Gasteiger partial charge in [-0.05, 0) is 17.7 Å². The van der Waals surface area contributed by atoms with Crippen molar-refractivity contribution >= 4 is 39.9 Å². The van der Waals surface area contributed by atoms with Crippen LogP contribution in [0.3, 0.4) is 0 Å². The van der Waals surface area contributed by atoms with Gasteiger partial charge in [0, 0.05) is 27.9 Å². The maximum Gasteiger partial charge on any atom is 0.245 e. The summed E-state index contributed by atoms with van der Waals surface area (Å²) >= 11 is 7.28. The van der Waals surface area contributed by atoms with Gasteiger partial charge in [0.15, 0.2) is 5.13 Å². The molecule has 2 amide bonds. The summed E-state index contributed by atoms with van der Waals surface area (Å²) < 4.78 is 0. The first kappa shape index (κ1) is 18.4. The zero-order chi connectivity index (χ0) is 17.7. The third-order valence-corrected chi connectivity index (χ3v) is 4.35. The van der Waals surface area contributed by atoms with E-state index in [0.717, 1.165) is 16.9 Å². The van der Waals surface area contributed by atoms with E-state index in [9.17, 15) is 9.59 Å². The van der Waals surface area contributed by atoms with Crippen molar-refractivity contribution in [3.8, 4) is 0 Å². The summed E-state index contributed by atoms with van der Waals surface area (Å²) in [5.41, 5.74) is 0.603. The average Bonchev–Trinajstić information content (AvgIpc) is 2.93. The lowest BCUT2D eigenvalue weighted by atomic mass is 9.96. The van der Waals surface area contributed by atoms with E-state index in [1.807, 2.05) is 24.3 Å². The fourth-order valence-electron chi connectivity index (χ4n) is 1.84. The van der Waals surface area contributed by atoms with Crippen molar-refractivity contribution in [2.24, 2.45) is 5.41 Å². The van der Waals surface area contributed by atoms with Crippen molar-refractivity contribution in [1.82, 2.24) is 10.3 Å². The Morgan fingerprint density at radius 2 is 1.88 bits per heavy atom. The molecule has 0 aliphatic rings. The molecular formula is C17H20ClN3O2S. The molecule has 7 heteroatoms. The molecule has 5 nitrogen and oxygen atoms in total. The van der Waals surface area contributed by atoms with Gasteiger partial charge < -0.3 is 10.6 Å². The molecule has 0 saturated heterocycles. The Bertz CT molecular complexity index is 720. The van der Waals surface area contributed by atoms with Gasteiger partial charge in [0.05, 0.1) is 6.54 Å². The number of aromatic nitrogens is 1. The summed E-state index contributed by atoms with van der Waals surface area (Å²) in [5, 5.41) is 6.53. The van der Waals surface area contributed by atoms with E-state index < -0.39 is 5.41 Å². The minimum atomic E-state index is -0.521. The van der Waals surface area contributed by atoms with Crippen LogP contribution in [0.1, 0.15) is 31.2 Å². The molecule has 0 aliphatic carbocycles. The van der Waals surface area contributed by atoms with Crippen molar-refractivity contribution in [3.63, 3.8) is 0 Å². The smallest absolute Gasteiger partial charge is 0.245 e. The number of nitrogens with zero attached hydrogens (tertiary/aromatic N) is 1. The van der Waals surface area contributed by atoms with E-state index in [1.54, 1.807) is 27.0 Å². The molecule has 0 unspecified atom stereocenters. The molecule has 2 N–H and O–H groups in total. The molecule has 0 fully saturated rings. The van der Waals surface area contributed by atoms with E-state index in [2.05, 4.69) is 15.6 Å². The molecule has 0 saturated carbocycles. The number of carbonyl (C=O) groups excluding carboxylic acids is 2. The molecule has 0 aliphatic heterocycles. The van der Waals surface area contributed by atoms with Gasteiger partial charge in [0.25, 0.3) is 0 Å². The van der Waals surface area contributed by atoms with Gasteiger partial charge in [-0.25, -0.2) is 4.98 Å². The number of hydrogen-bond donors (Lipinski definition) is 2. The molecule has 0 radical (unpaired) electrons. The summed E-state index contributed by atoms with van der Waals surface area (Å²) in [6.45, 7) is 5.32. The number of amides is 2. The summed E-state index contributed by atoms with van der Waals surface area (Å²) in [4.78, 5) is 28.8. The van der Waals surface area contributed by atoms with Gasteiger partial charge in [-0.2, -0.15) is 0 Å². The lowest BCUT2D eigenvalue weighted by Crippen LogP contribution is -2.39. The van der Waals surface area contributed by atoms with Crippen LogP contribution >= 0.6 is 22.9 Å². The zero-order valence-electron chi connectivity index (χ0n) is 13.9. The van der Waals surface area contributed by atoms with E-state index in [0.29, 0.717) is 10.2 Å². The van der Waals surface area contributed by atoms with Crippen LogP contribution < -0.4 is 10.6 Å². The SMILES string of the molecule is CC(C)(C)C(=O)NCC(=O)Nc1ncc(Cc2ccc(Cl)cc2)s1. The molecule has 2 aromatic rings. The number of nitrogens with one attached hydrogen (secondary N) is 2. The highest BCUT2D eigenvalue weighted by Gasteiger charge is 2.21. The predicted octanol–water partition coefficient (Wildman–Crippen LogP) is 3.49. The highest BCUT2D eigenvalue weighted by atomic mass is 35.5. The summed E-state index contributed by atoms with van der Waals surface area (Å²) in [6.07, 6.45) is 2.47. The molecule has 1 aromatic carbocycles. The van der Waals surface area contributed by atoms with Crippen LogP contribution in [0.15, 0.2) is 30.5 Å². The third-order valence-electron chi connectivity index (χ3n) is 3.18. The number of halogens is 1. The van der Waals surface area contributed by atoms with Crippen LogP contribution in [0.5, 0.6) is 0 Å². The number of hydrogen-bond acceptors (Lipinski definition) is 4. The minimum Gasteiger partial charge on any atom is -0.347 e. The average molecular weight is 366 g/mol. The molecule has 0 bridgehead atoms. The quantitative estimate of drug-likeness (QED) is 0.852. The molecule has 0 atom stereocenters. The second-order valence-corrected chi connectivity index (χ2v) is 7.97. The number of rotatable bonds is 5. The monoisotopic (exact) mass is 365 g/mol. The van der Waals surface area contributed by atoms with Crippen molar-refractivity contribution < 1.29 is 9.59 Å². The van der Waals surface area contributed by atoms with Crippen LogP contribution in [0.25, 0.3) is 0 Å². The molecule has 128 valence electrons. The number of benzene rings is 1. The first-order valence-electron chi connectivity index (χ1n) is 7.51.